The molecule has 0 fully saturated rings. The van der Waals surface area contributed by atoms with Crippen LogP contribution in [0.15, 0.2) is 57.8 Å². The molecular weight excluding hydrogens is 368 g/mol. The molecule has 0 atom stereocenters. The van der Waals surface area contributed by atoms with E-state index in [0.29, 0.717) is 17.3 Å². The lowest BCUT2D eigenvalue weighted by molar-refractivity contribution is 0.0462. The van der Waals surface area contributed by atoms with Crippen LogP contribution in [0.1, 0.15) is 21.7 Å². The number of carbonyl (C=O) groups is 1. The summed E-state index contributed by atoms with van der Waals surface area (Å²) in [4.78, 5) is 21.9. The zero-order chi connectivity index (χ0) is 17.9. The van der Waals surface area contributed by atoms with Crippen LogP contribution in [0.5, 0.6) is 0 Å². The second kappa shape index (κ2) is 7.23. The Hall–Kier alpha value is -2.77. The molecule has 1 aromatic carbocycles. The zero-order valence-electron chi connectivity index (χ0n) is 13.8. The molecular formula is C19H14N2O3S2. The SMILES string of the molecule is Cc1ccc(-c2nc(C(=O)OCc3coc(-c4cccs4)n3)cs2)cc1. The molecule has 3 heterocycles. The highest BCUT2D eigenvalue weighted by molar-refractivity contribution is 7.13. The summed E-state index contributed by atoms with van der Waals surface area (Å²) < 4.78 is 10.7. The molecule has 130 valence electrons. The van der Waals surface area contributed by atoms with Crippen LogP contribution < -0.4 is 0 Å². The molecule has 4 rings (SSSR count). The lowest BCUT2D eigenvalue weighted by Crippen LogP contribution is -2.05. The lowest BCUT2D eigenvalue weighted by atomic mass is 10.2. The molecule has 0 aliphatic rings. The van der Waals surface area contributed by atoms with Gasteiger partial charge in [-0.3, -0.25) is 0 Å². The summed E-state index contributed by atoms with van der Waals surface area (Å²) >= 11 is 2.96. The second-order valence-electron chi connectivity index (χ2n) is 5.60. The number of hydrogen-bond acceptors (Lipinski definition) is 7. The standard InChI is InChI=1S/C19H14N2O3S2/c1-12-4-6-13(7-5-12)18-21-15(11-26-18)19(22)24-10-14-9-23-17(20-14)16-3-2-8-25-16/h2-9,11H,10H2,1H3. The molecule has 0 saturated heterocycles. The number of hydrogen-bond donors (Lipinski definition) is 0. The van der Waals surface area contributed by atoms with Gasteiger partial charge in [0.25, 0.3) is 0 Å². The maximum atomic E-state index is 12.2. The van der Waals surface area contributed by atoms with Crippen molar-refractivity contribution in [1.29, 1.82) is 0 Å². The van der Waals surface area contributed by atoms with Gasteiger partial charge in [0.2, 0.25) is 5.89 Å². The van der Waals surface area contributed by atoms with Gasteiger partial charge in [0.1, 0.15) is 23.6 Å². The first-order valence-corrected chi connectivity index (χ1v) is 9.63. The normalized spacial score (nSPS) is 10.8. The monoisotopic (exact) mass is 382 g/mol. The van der Waals surface area contributed by atoms with Crippen molar-refractivity contribution in [2.45, 2.75) is 13.5 Å². The number of aryl methyl sites for hydroxylation is 1. The third-order valence-electron chi connectivity index (χ3n) is 3.65. The van der Waals surface area contributed by atoms with Gasteiger partial charge in [0.05, 0.1) is 4.88 Å². The molecule has 0 N–H and O–H groups in total. The number of thiazole rings is 1. The van der Waals surface area contributed by atoms with E-state index in [1.165, 1.54) is 34.5 Å². The number of rotatable bonds is 5. The Morgan fingerprint density at radius 1 is 1.15 bits per heavy atom. The maximum absolute atomic E-state index is 12.2. The minimum Gasteiger partial charge on any atom is -0.454 e. The molecule has 0 aliphatic heterocycles. The van der Waals surface area contributed by atoms with Gasteiger partial charge in [-0.1, -0.05) is 35.9 Å². The Bertz CT molecular complexity index is 1020. The summed E-state index contributed by atoms with van der Waals surface area (Å²) in [6.07, 6.45) is 1.50. The predicted molar refractivity (Wildman–Crippen MR) is 101 cm³/mol. The fourth-order valence-electron chi connectivity index (χ4n) is 2.30. The Balaban J connectivity index is 1.40. The van der Waals surface area contributed by atoms with Gasteiger partial charge in [0.15, 0.2) is 5.69 Å². The van der Waals surface area contributed by atoms with E-state index in [1.54, 1.807) is 5.38 Å². The highest BCUT2D eigenvalue weighted by Crippen LogP contribution is 2.25. The number of oxazole rings is 1. The van der Waals surface area contributed by atoms with E-state index in [9.17, 15) is 4.79 Å². The molecule has 0 radical (unpaired) electrons. The van der Waals surface area contributed by atoms with Gasteiger partial charge in [-0.25, -0.2) is 14.8 Å². The van der Waals surface area contributed by atoms with Crippen LogP contribution in [0.4, 0.5) is 0 Å². The highest BCUT2D eigenvalue weighted by atomic mass is 32.1. The first-order valence-electron chi connectivity index (χ1n) is 7.87. The van der Waals surface area contributed by atoms with E-state index in [4.69, 9.17) is 9.15 Å². The minimum absolute atomic E-state index is 0.0467. The molecule has 5 nitrogen and oxygen atoms in total. The average Bonchev–Trinajstić information content (AvgIpc) is 3.41. The van der Waals surface area contributed by atoms with E-state index in [1.807, 2.05) is 48.7 Å². The van der Waals surface area contributed by atoms with Crippen LogP contribution in [0.2, 0.25) is 0 Å². The molecule has 0 aliphatic carbocycles. The molecule has 0 unspecified atom stereocenters. The number of aromatic nitrogens is 2. The summed E-state index contributed by atoms with van der Waals surface area (Å²) in [5.74, 6) is 0.0571. The lowest BCUT2D eigenvalue weighted by Gasteiger charge is -1.99. The summed E-state index contributed by atoms with van der Waals surface area (Å²) in [5, 5.41) is 4.45. The minimum atomic E-state index is -0.472. The highest BCUT2D eigenvalue weighted by Gasteiger charge is 2.15. The Morgan fingerprint density at radius 3 is 2.77 bits per heavy atom. The number of carbonyl (C=O) groups excluding carboxylic acids is 1. The first kappa shape index (κ1) is 16.7. The third-order valence-corrected chi connectivity index (χ3v) is 5.40. The zero-order valence-corrected chi connectivity index (χ0v) is 15.5. The fraction of sp³-hybridized carbons (Fsp3) is 0.105. The van der Waals surface area contributed by atoms with E-state index >= 15 is 0 Å². The quantitative estimate of drug-likeness (QED) is 0.444. The fourth-order valence-corrected chi connectivity index (χ4v) is 3.75. The molecule has 0 saturated carbocycles. The maximum Gasteiger partial charge on any atom is 0.358 e. The average molecular weight is 382 g/mol. The smallest absolute Gasteiger partial charge is 0.358 e. The molecule has 7 heteroatoms. The second-order valence-corrected chi connectivity index (χ2v) is 7.41. The van der Waals surface area contributed by atoms with Crippen molar-refractivity contribution in [3.63, 3.8) is 0 Å². The van der Waals surface area contributed by atoms with Crippen LogP contribution in [-0.4, -0.2) is 15.9 Å². The van der Waals surface area contributed by atoms with Crippen LogP contribution in [-0.2, 0) is 11.3 Å². The largest absolute Gasteiger partial charge is 0.454 e. The van der Waals surface area contributed by atoms with Gasteiger partial charge >= 0.3 is 5.97 Å². The first-order chi connectivity index (χ1) is 12.7. The van der Waals surface area contributed by atoms with Crippen LogP contribution in [0.25, 0.3) is 21.3 Å². The van der Waals surface area contributed by atoms with Gasteiger partial charge in [-0.05, 0) is 18.4 Å². The van der Waals surface area contributed by atoms with Crippen molar-refractivity contribution >= 4 is 28.6 Å². The van der Waals surface area contributed by atoms with Crippen molar-refractivity contribution in [1.82, 2.24) is 9.97 Å². The predicted octanol–water partition coefficient (Wildman–Crippen LogP) is 5.19. The van der Waals surface area contributed by atoms with Crippen molar-refractivity contribution in [3.8, 4) is 21.3 Å². The van der Waals surface area contributed by atoms with E-state index in [2.05, 4.69) is 9.97 Å². The van der Waals surface area contributed by atoms with Crippen molar-refractivity contribution in [2.75, 3.05) is 0 Å². The van der Waals surface area contributed by atoms with Crippen molar-refractivity contribution < 1.29 is 13.9 Å². The van der Waals surface area contributed by atoms with E-state index in [0.717, 1.165) is 15.4 Å². The number of ether oxygens (including phenoxy) is 1. The Morgan fingerprint density at radius 2 is 2.00 bits per heavy atom. The molecule has 3 aromatic heterocycles. The summed E-state index contributed by atoms with van der Waals surface area (Å²) in [6, 6.07) is 11.9. The number of esters is 1. The van der Waals surface area contributed by atoms with E-state index in [-0.39, 0.29) is 6.61 Å². The summed E-state index contributed by atoms with van der Waals surface area (Å²) in [7, 11) is 0. The molecule has 26 heavy (non-hydrogen) atoms. The van der Waals surface area contributed by atoms with Crippen molar-refractivity contribution in [2.24, 2.45) is 0 Å². The molecule has 4 aromatic rings. The van der Waals surface area contributed by atoms with E-state index < -0.39 is 5.97 Å². The number of nitrogens with zero attached hydrogens (tertiary/aromatic N) is 2. The van der Waals surface area contributed by atoms with Crippen molar-refractivity contribution in [3.05, 3.63) is 70.4 Å². The Kier molecular flexibility index (Phi) is 4.64. The van der Waals surface area contributed by atoms with Gasteiger partial charge in [-0.2, -0.15) is 0 Å². The topological polar surface area (TPSA) is 65.2 Å². The molecule has 0 bridgehead atoms. The third kappa shape index (κ3) is 3.58. The summed E-state index contributed by atoms with van der Waals surface area (Å²) in [5.41, 5.74) is 3.03. The summed E-state index contributed by atoms with van der Waals surface area (Å²) in [6.45, 7) is 2.08. The van der Waals surface area contributed by atoms with Gasteiger partial charge < -0.3 is 9.15 Å². The Labute approximate surface area is 157 Å². The van der Waals surface area contributed by atoms with Crippen LogP contribution in [0.3, 0.4) is 0 Å². The van der Waals surface area contributed by atoms with Gasteiger partial charge in [0, 0.05) is 10.9 Å². The van der Waals surface area contributed by atoms with Crippen LogP contribution in [0, 0.1) is 6.92 Å². The number of thiophene rings is 1. The van der Waals surface area contributed by atoms with Crippen LogP contribution >= 0.6 is 22.7 Å². The van der Waals surface area contributed by atoms with Gasteiger partial charge in [-0.15, -0.1) is 22.7 Å². The molecule has 0 amide bonds. The number of benzene rings is 1. The molecule has 0 spiro atoms.